The van der Waals surface area contributed by atoms with E-state index in [-0.39, 0.29) is 11.3 Å². The maximum absolute atomic E-state index is 11.8. The van der Waals surface area contributed by atoms with E-state index in [1.807, 2.05) is 45.9 Å². The third-order valence-corrected chi connectivity index (χ3v) is 2.66. The summed E-state index contributed by atoms with van der Waals surface area (Å²) >= 11 is 0. The van der Waals surface area contributed by atoms with E-state index < -0.39 is 0 Å². The lowest BCUT2D eigenvalue weighted by Crippen LogP contribution is -2.34. The largest absolute Gasteiger partial charge is 0.493 e. The molecule has 0 atom stereocenters. The highest BCUT2D eigenvalue weighted by atomic mass is 16.5. The van der Waals surface area contributed by atoms with E-state index in [4.69, 9.17) is 9.47 Å². The quantitative estimate of drug-likeness (QED) is 0.890. The summed E-state index contributed by atoms with van der Waals surface area (Å²) in [5.41, 5.74) is 0.608. The van der Waals surface area contributed by atoms with Crippen LogP contribution in [0.5, 0.6) is 11.5 Å². The number of hydrogen-bond acceptors (Lipinski definition) is 3. The van der Waals surface area contributed by atoms with Crippen LogP contribution in [0.2, 0.25) is 0 Å². The molecule has 0 aromatic heterocycles. The van der Waals surface area contributed by atoms with Crippen molar-refractivity contribution in [1.82, 2.24) is 5.32 Å². The number of carbonyl (C=O) groups is 1. The van der Waals surface area contributed by atoms with Crippen LogP contribution in [0, 0.1) is 5.41 Å². The Balaban J connectivity index is 2.74. The molecule has 0 unspecified atom stereocenters. The van der Waals surface area contributed by atoms with Crippen molar-refractivity contribution in [3.05, 3.63) is 23.8 Å². The van der Waals surface area contributed by atoms with Gasteiger partial charge in [0.15, 0.2) is 11.5 Å². The molecule has 1 rings (SSSR count). The summed E-state index contributed by atoms with van der Waals surface area (Å²) in [5.74, 6) is 1.43. The van der Waals surface area contributed by atoms with Gasteiger partial charge in [-0.1, -0.05) is 26.8 Å². The van der Waals surface area contributed by atoms with Crippen LogP contribution in [-0.4, -0.2) is 19.6 Å². The lowest BCUT2D eigenvalue weighted by Gasteiger charge is -2.18. The second kappa shape index (κ2) is 6.45. The van der Waals surface area contributed by atoms with Crippen molar-refractivity contribution in [2.75, 3.05) is 13.7 Å². The SMILES string of the molecule is CCOc1cc(CNC(=O)C(C)(C)C)ccc1OC. The second-order valence-electron chi connectivity index (χ2n) is 5.35. The van der Waals surface area contributed by atoms with Gasteiger partial charge in [0.25, 0.3) is 0 Å². The number of benzene rings is 1. The lowest BCUT2D eigenvalue weighted by molar-refractivity contribution is -0.128. The maximum atomic E-state index is 11.8. The van der Waals surface area contributed by atoms with E-state index in [0.717, 1.165) is 5.56 Å². The summed E-state index contributed by atoms with van der Waals surface area (Å²) in [5, 5.41) is 2.91. The molecule has 1 N–H and O–H groups in total. The first-order valence-corrected chi connectivity index (χ1v) is 6.46. The lowest BCUT2D eigenvalue weighted by atomic mass is 9.95. The van der Waals surface area contributed by atoms with Gasteiger partial charge in [-0.15, -0.1) is 0 Å². The van der Waals surface area contributed by atoms with E-state index in [0.29, 0.717) is 24.7 Å². The first kappa shape index (κ1) is 15.3. The highest BCUT2D eigenvalue weighted by molar-refractivity contribution is 5.81. The highest BCUT2D eigenvalue weighted by Gasteiger charge is 2.20. The zero-order valence-corrected chi connectivity index (χ0v) is 12.4. The summed E-state index contributed by atoms with van der Waals surface area (Å²) in [4.78, 5) is 11.8. The van der Waals surface area contributed by atoms with Gasteiger partial charge in [-0.25, -0.2) is 0 Å². The standard InChI is InChI=1S/C15H23NO3/c1-6-19-13-9-11(7-8-12(13)18-5)10-16-14(17)15(2,3)4/h7-9H,6,10H2,1-5H3,(H,16,17). The number of methoxy groups -OCH3 is 1. The fraction of sp³-hybridized carbons (Fsp3) is 0.533. The Morgan fingerprint density at radius 2 is 1.95 bits per heavy atom. The predicted molar refractivity (Wildman–Crippen MR) is 75.5 cm³/mol. The summed E-state index contributed by atoms with van der Waals surface area (Å²) < 4.78 is 10.7. The van der Waals surface area contributed by atoms with Gasteiger partial charge in [-0.3, -0.25) is 4.79 Å². The fourth-order valence-corrected chi connectivity index (χ4v) is 1.55. The molecule has 4 heteroatoms. The second-order valence-corrected chi connectivity index (χ2v) is 5.35. The Bertz CT molecular complexity index is 436. The molecule has 0 aliphatic heterocycles. The Hall–Kier alpha value is -1.71. The van der Waals surface area contributed by atoms with Crippen molar-refractivity contribution in [2.24, 2.45) is 5.41 Å². The van der Waals surface area contributed by atoms with Crippen molar-refractivity contribution in [2.45, 2.75) is 34.2 Å². The Morgan fingerprint density at radius 3 is 2.47 bits per heavy atom. The van der Waals surface area contributed by atoms with E-state index >= 15 is 0 Å². The minimum absolute atomic E-state index is 0.0290. The number of amides is 1. The van der Waals surface area contributed by atoms with E-state index in [2.05, 4.69) is 5.32 Å². The molecule has 19 heavy (non-hydrogen) atoms. The van der Waals surface area contributed by atoms with Crippen molar-refractivity contribution in [3.63, 3.8) is 0 Å². The van der Waals surface area contributed by atoms with E-state index in [1.54, 1.807) is 7.11 Å². The third-order valence-electron chi connectivity index (χ3n) is 2.66. The topological polar surface area (TPSA) is 47.6 Å². The van der Waals surface area contributed by atoms with Gasteiger partial charge < -0.3 is 14.8 Å². The van der Waals surface area contributed by atoms with Gasteiger partial charge in [0, 0.05) is 12.0 Å². The van der Waals surface area contributed by atoms with Crippen LogP contribution < -0.4 is 14.8 Å². The average molecular weight is 265 g/mol. The van der Waals surface area contributed by atoms with Gasteiger partial charge in [0.1, 0.15) is 0 Å². The summed E-state index contributed by atoms with van der Waals surface area (Å²) in [6.07, 6.45) is 0. The molecule has 0 aliphatic rings. The molecule has 0 saturated heterocycles. The Labute approximate surface area is 115 Å². The number of ether oxygens (including phenoxy) is 2. The zero-order valence-electron chi connectivity index (χ0n) is 12.4. The third kappa shape index (κ3) is 4.47. The fourth-order valence-electron chi connectivity index (χ4n) is 1.55. The Morgan fingerprint density at radius 1 is 1.26 bits per heavy atom. The van der Waals surface area contributed by atoms with Crippen LogP contribution in [0.3, 0.4) is 0 Å². The summed E-state index contributed by atoms with van der Waals surface area (Å²) in [6, 6.07) is 5.67. The number of hydrogen-bond donors (Lipinski definition) is 1. The van der Waals surface area contributed by atoms with Crippen LogP contribution in [0.25, 0.3) is 0 Å². The van der Waals surface area contributed by atoms with Crippen molar-refractivity contribution in [1.29, 1.82) is 0 Å². The van der Waals surface area contributed by atoms with Crippen molar-refractivity contribution in [3.8, 4) is 11.5 Å². The molecular weight excluding hydrogens is 242 g/mol. The van der Waals surface area contributed by atoms with Gasteiger partial charge in [-0.2, -0.15) is 0 Å². The highest BCUT2D eigenvalue weighted by Crippen LogP contribution is 2.28. The van der Waals surface area contributed by atoms with Crippen LogP contribution in [0.4, 0.5) is 0 Å². The molecule has 0 bridgehead atoms. The molecule has 0 aliphatic carbocycles. The monoisotopic (exact) mass is 265 g/mol. The molecule has 0 spiro atoms. The van der Waals surface area contributed by atoms with E-state index in [9.17, 15) is 4.79 Å². The molecule has 4 nitrogen and oxygen atoms in total. The first-order valence-electron chi connectivity index (χ1n) is 6.46. The van der Waals surface area contributed by atoms with Crippen molar-refractivity contribution >= 4 is 5.91 Å². The molecule has 0 fully saturated rings. The predicted octanol–water partition coefficient (Wildman–Crippen LogP) is 2.76. The molecule has 0 heterocycles. The molecule has 106 valence electrons. The van der Waals surface area contributed by atoms with Gasteiger partial charge in [0.2, 0.25) is 5.91 Å². The molecular formula is C15H23NO3. The smallest absolute Gasteiger partial charge is 0.225 e. The van der Waals surface area contributed by atoms with Crippen LogP contribution in [-0.2, 0) is 11.3 Å². The summed E-state index contributed by atoms with van der Waals surface area (Å²) in [6.45, 7) is 8.66. The average Bonchev–Trinajstić information content (AvgIpc) is 2.35. The van der Waals surface area contributed by atoms with Crippen molar-refractivity contribution < 1.29 is 14.3 Å². The number of rotatable bonds is 5. The first-order chi connectivity index (χ1) is 8.88. The van der Waals surface area contributed by atoms with Crippen LogP contribution in [0.15, 0.2) is 18.2 Å². The number of nitrogens with one attached hydrogen (secondary N) is 1. The molecule has 1 aromatic rings. The molecule has 0 saturated carbocycles. The summed E-state index contributed by atoms with van der Waals surface area (Å²) in [7, 11) is 1.61. The van der Waals surface area contributed by atoms with Gasteiger partial charge in [0.05, 0.1) is 13.7 Å². The van der Waals surface area contributed by atoms with E-state index in [1.165, 1.54) is 0 Å². The molecule has 1 amide bonds. The maximum Gasteiger partial charge on any atom is 0.225 e. The van der Waals surface area contributed by atoms with Gasteiger partial charge in [-0.05, 0) is 24.6 Å². The molecule has 0 radical (unpaired) electrons. The number of carbonyl (C=O) groups excluding carboxylic acids is 1. The Kier molecular flexibility index (Phi) is 5.21. The van der Waals surface area contributed by atoms with Gasteiger partial charge >= 0.3 is 0 Å². The minimum Gasteiger partial charge on any atom is -0.493 e. The molecule has 1 aromatic carbocycles. The normalized spacial score (nSPS) is 11.0. The zero-order chi connectivity index (χ0) is 14.5. The van der Waals surface area contributed by atoms with Crippen LogP contribution in [0.1, 0.15) is 33.3 Å². The minimum atomic E-state index is -0.380. The van der Waals surface area contributed by atoms with Crippen LogP contribution >= 0.6 is 0 Å².